The fourth-order valence-electron chi connectivity index (χ4n) is 4.30. The molecule has 1 saturated heterocycles. The summed E-state index contributed by atoms with van der Waals surface area (Å²) in [5, 5.41) is 2.17. The first-order valence-electron chi connectivity index (χ1n) is 10.8. The third-order valence-electron chi connectivity index (χ3n) is 6.02. The molecule has 0 spiro atoms. The van der Waals surface area contributed by atoms with E-state index in [-0.39, 0.29) is 23.1 Å². The first kappa shape index (κ1) is 25.3. The largest absolute Gasteiger partial charge is 0.495 e. The van der Waals surface area contributed by atoms with E-state index in [1.807, 2.05) is 0 Å². The van der Waals surface area contributed by atoms with Gasteiger partial charge < -0.3 is 14.8 Å². The predicted molar refractivity (Wildman–Crippen MR) is 131 cm³/mol. The van der Waals surface area contributed by atoms with Gasteiger partial charge in [0.2, 0.25) is 11.8 Å². The zero-order valence-electron chi connectivity index (χ0n) is 18.5. The molecule has 0 bridgehead atoms. The van der Waals surface area contributed by atoms with E-state index in [0.29, 0.717) is 29.3 Å². The van der Waals surface area contributed by atoms with Gasteiger partial charge in [-0.05, 0) is 49.2 Å². The minimum atomic E-state index is -0.793. The maximum absolute atomic E-state index is 13.0. The second-order valence-corrected chi connectivity index (χ2v) is 9.81. The molecule has 1 heterocycles. The van der Waals surface area contributed by atoms with Crippen LogP contribution in [0.3, 0.4) is 0 Å². The Kier molecular flexibility index (Phi) is 7.54. The molecule has 0 aromatic heterocycles. The van der Waals surface area contributed by atoms with E-state index in [2.05, 4.69) is 5.32 Å². The Labute approximate surface area is 216 Å². The van der Waals surface area contributed by atoms with Gasteiger partial charge in [0.1, 0.15) is 5.75 Å². The summed E-state index contributed by atoms with van der Waals surface area (Å²) in [6.07, 6.45) is 0.630. The number of hydrogen-bond donors (Lipinski definition) is 1. The first-order chi connectivity index (χ1) is 16.7. The number of alkyl halides is 2. The summed E-state index contributed by atoms with van der Waals surface area (Å²) < 4.78 is 10.3. The molecule has 2 aromatic carbocycles. The molecule has 1 saturated carbocycles. The molecule has 4 rings (SSSR count). The van der Waals surface area contributed by atoms with Crippen molar-refractivity contribution in [1.29, 1.82) is 0 Å². The van der Waals surface area contributed by atoms with Crippen molar-refractivity contribution in [1.82, 2.24) is 0 Å². The van der Waals surface area contributed by atoms with Gasteiger partial charge in [0.25, 0.3) is 5.91 Å². The van der Waals surface area contributed by atoms with Crippen molar-refractivity contribution in [2.75, 3.05) is 23.9 Å². The number of esters is 1. The molecule has 8 nitrogen and oxygen atoms in total. The number of ether oxygens (including phenoxy) is 2. The van der Waals surface area contributed by atoms with Crippen LogP contribution in [-0.4, -0.2) is 48.2 Å². The van der Waals surface area contributed by atoms with Crippen LogP contribution in [0, 0.1) is 11.8 Å². The SMILES string of the molecule is COc1ccc(Cl)cc1NC(=O)COC(=O)c1cccc(N2C(=O)[C@@H]3C[C@H](Cl)[C@@H](Cl)C[C@H]3C2=O)c1. The van der Waals surface area contributed by atoms with Crippen molar-refractivity contribution < 1.29 is 28.7 Å². The van der Waals surface area contributed by atoms with Crippen LogP contribution in [0.25, 0.3) is 0 Å². The lowest BCUT2D eigenvalue weighted by molar-refractivity contribution is -0.122. The number of amides is 3. The van der Waals surface area contributed by atoms with Gasteiger partial charge in [-0.1, -0.05) is 17.7 Å². The molecular weight excluding hydrogens is 519 g/mol. The fourth-order valence-corrected chi connectivity index (χ4v) is 5.06. The molecule has 0 unspecified atom stereocenters. The van der Waals surface area contributed by atoms with Crippen molar-refractivity contribution in [3.63, 3.8) is 0 Å². The monoisotopic (exact) mass is 538 g/mol. The van der Waals surface area contributed by atoms with Gasteiger partial charge >= 0.3 is 5.97 Å². The Balaban J connectivity index is 1.42. The Bertz CT molecular complexity index is 1160. The highest BCUT2D eigenvalue weighted by Gasteiger charge is 2.52. The van der Waals surface area contributed by atoms with Crippen LogP contribution >= 0.6 is 34.8 Å². The quantitative estimate of drug-likeness (QED) is 0.334. The van der Waals surface area contributed by atoms with E-state index in [1.165, 1.54) is 31.4 Å². The number of imide groups is 1. The second-order valence-electron chi connectivity index (χ2n) is 8.25. The smallest absolute Gasteiger partial charge is 0.338 e. The molecule has 35 heavy (non-hydrogen) atoms. The van der Waals surface area contributed by atoms with Gasteiger partial charge in [-0.3, -0.25) is 19.3 Å². The van der Waals surface area contributed by atoms with Gasteiger partial charge in [0, 0.05) is 5.02 Å². The van der Waals surface area contributed by atoms with Crippen LogP contribution in [0.4, 0.5) is 11.4 Å². The zero-order chi connectivity index (χ0) is 25.3. The fraction of sp³-hybridized carbons (Fsp3) is 0.333. The molecule has 1 aliphatic carbocycles. The summed E-state index contributed by atoms with van der Waals surface area (Å²) in [6.45, 7) is -0.571. The third-order valence-corrected chi connectivity index (χ3v) is 7.35. The highest BCUT2D eigenvalue weighted by molar-refractivity contribution is 6.31. The average molecular weight is 540 g/mol. The summed E-state index contributed by atoms with van der Waals surface area (Å²) in [6, 6.07) is 10.6. The number of hydrogen-bond acceptors (Lipinski definition) is 6. The molecule has 0 radical (unpaired) electrons. The summed E-state index contributed by atoms with van der Waals surface area (Å²) in [5.74, 6) is -2.81. The van der Waals surface area contributed by atoms with E-state index in [1.54, 1.807) is 18.2 Å². The number of carbonyl (C=O) groups is 4. The Hall–Kier alpha value is -2.81. The van der Waals surface area contributed by atoms with Crippen LogP contribution in [0.5, 0.6) is 5.75 Å². The Morgan fingerprint density at radius 3 is 2.31 bits per heavy atom. The number of rotatable bonds is 6. The number of nitrogens with one attached hydrogen (secondary N) is 1. The number of nitrogens with zero attached hydrogens (tertiary/aromatic N) is 1. The number of anilines is 2. The van der Waals surface area contributed by atoms with E-state index < -0.39 is 41.1 Å². The third kappa shape index (κ3) is 5.24. The molecule has 11 heteroatoms. The van der Waals surface area contributed by atoms with Crippen LogP contribution < -0.4 is 15.0 Å². The maximum atomic E-state index is 13.0. The number of benzene rings is 2. The van der Waals surface area contributed by atoms with Crippen LogP contribution in [0.15, 0.2) is 42.5 Å². The lowest BCUT2D eigenvalue weighted by Crippen LogP contribution is -2.34. The van der Waals surface area contributed by atoms with Crippen LogP contribution in [0.2, 0.25) is 5.02 Å². The Morgan fingerprint density at radius 2 is 1.69 bits per heavy atom. The van der Waals surface area contributed by atoms with Crippen molar-refractivity contribution in [2.24, 2.45) is 11.8 Å². The summed E-state index contributed by atoms with van der Waals surface area (Å²) in [5.41, 5.74) is 0.652. The number of halogens is 3. The standard InChI is InChI=1S/C24H21Cl3N2O6/c1-34-20-6-5-13(25)8-19(20)28-21(30)11-35-24(33)12-3-2-4-14(7-12)29-22(31)15-9-17(26)18(27)10-16(15)23(29)32/h2-8,15-18H,9-11H2,1H3,(H,28,30)/t15-,16-,17+,18+/m1/s1. The zero-order valence-corrected chi connectivity index (χ0v) is 20.8. The molecule has 2 aliphatic rings. The summed E-state index contributed by atoms with van der Waals surface area (Å²) in [4.78, 5) is 51.9. The minimum Gasteiger partial charge on any atom is -0.495 e. The highest BCUT2D eigenvalue weighted by Crippen LogP contribution is 2.43. The van der Waals surface area contributed by atoms with Crippen molar-refractivity contribution >= 4 is 69.9 Å². The molecule has 3 amide bonds. The van der Waals surface area contributed by atoms with E-state index in [0.717, 1.165) is 4.90 Å². The van der Waals surface area contributed by atoms with E-state index in [4.69, 9.17) is 44.3 Å². The van der Waals surface area contributed by atoms with Crippen molar-refractivity contribution in [3.05, 3.63) is 53.1 Å². The summed E-state index contributed by atoms with van der Waals surface area (Å²) >= 11 is 18.4. The first-order valence-corrected chi connectivity index (χ1v) is 12.0. The van der Waals surface area contributed by atoms with Gasteiger partial charge in [-0.15, -0.1) is 23.2 Å². The van der Waals surface area contributed by atoms with Gasteiger partial charge in [0.15, 0.2) is 6.61 Å². The topological polar surface area (TPSA) is 102 Å². The molecule has 184 valence electrons. The van der Waals surface area contributed by atoms with Crippen LogP contribution in [0.1, 0.15) is 23.2 Å². The lowest BCUT2D eigenvalue weighted by Gasteiger charge is -2.28. The molecule has 1 aliphatic heterocycles. The lowest BCUT2D eigenvalue weighted by atomic mass is 9.80. The van der Waals surface area contributed by atoms with E-state index >= 15 is 0 Å². The normalized spacial score (nSPS) is 23.6. The number of methoxy groups -OCH3 is 1. The predicted octanol–water partition coefficient (Wildman–Crippen LogP) is 4.26. The maximum Gasteiger partial charge on any atom is 0.338 e. The molecule has 1 N–H and O–H groups in total. The molecule has 4 atom stereocenters. The number of carbonyl (C=O) groups excluding carboxylic acids is 4. The Morgan fingerprint density at radius 1 is 1.03 bits per heavy atom. The summed E-state index contributed by atoms with van der Waals surface area (Å²) in [7, 11) is 1.44. The number of fused-ring (bicyclic) bond motifs is 1. The van der Waals surface area contributed by atoms with Gasteiger partial charge in [0.05, 0.1) is 46.6 Å². The molecule has 2 aromatic rings. The van der Waals surface area contributed by atoms with Crippen LogP contribution in [-0.2, 0) is 19.1 Å². The molecular formula is C24H21Cl3N2O6. The van der Waals surface area contributed by atoms with Crippen molar-refractivity contribution in [3.8, 4) is 5.75 Å². The highest BCUT2D eigenvalue weighted by atomic mass is 35.5. The van der Waals surface area contributed by atoms with Gasteiger partial charge in [-0.2, -0.15) is 0 Å². The second kappa shape index (κ2) is 10.4. The van der Waals surface area contributed by atoms with Gasteiger partial charge in [-0.25, -0.2) is 4.79 Å². The van der Waals surface area contributed by atoms with E-state index in [9.17, 15) is 19.2 Å². The van der Waals surface area contributed by atoms with Crippen molar-refractivity contribution in [2.45, 2.75) is 23.6 Å². The molecule has 2 fully saturated rings. The average Bonchev–Trinajstić information content (AvgIpc) is 3.07. The minimum absolute atomic E-state index is 0.0801.